The maximum atomic E-state index is 12.2. The predicted octanol–water partition coefficient (Wildman–Crippen LogP) is 3.85. The van der Waals surface area contributed by atoms with Gasteiger partial charge in [0.15, 0.2) is 0 Å². The normalized spacial score (nSPS) is 10.6. The number of amides is 1. The monoisotopic (exact) mass is 336 g/mol. The molecule has 128 valence electrons. The Balaban J connectivity index is 1.61. The van der Waals surface area contributed by atoms with Crippen LogP contribution in [0.15, 0.2) is 60.8 Å². The summed E-state index contributed by atoms with van der Waals surface area (Å²) < 4.78 is 7.03. The highest BCUT2D eigenvalue weighted by Gasteiger charge is 2.09. The third-order valence-electron chi connectivity index (χ3n) is 3.92. The van der Waals surface area contributed by atoms with Crippen molar-refractivity contribution in [2.75, 3.05) is 11.9 Å². The predicted molar refractivity (Wildman–Crippen MR) is 97.6 cm³/mol. The fraction of sp³-hybridized carbons (Fsp3) is 0.200. The number of ether oxygens (including phenoxy) is 1. The third-order valence-corrected chi connectivity index (χ3v) is 3.92. The molecule has 1 heterocycles. The fourth-order valence-corrected chi connectivity index (χ4v) is 2.72. The van der Waals surface area contributed by atoms with Crippen LogP contribution in [-0.4, -0.2) is 23.1 Å². The number of hydrogen-bond acceptors (Lipinski definition) is 3. The lowest BCUT2D eigenvalue weighted by Crippen LogP contribution is -2.14. The molecule has 0 aliphatic rings. The second-order valence-corrected chi connectivity index (χ2v) is 5.67. The molecule has 0 aliphatic carbocycles. The van der Waals surface area contributed by atoms with Gasteiger partial charge in [0.25, 0.3) is 0 Å². The van der Waals surface area contributed by atoms with Crippen molar-refractivity contribution < 1.29 is 14.3 Å². The molecule has 0 saturated heterocycles. The molecule has 0 spiro atoms. The molecule has 1 N–H and O–H groups in total. The Morgan fingerprint density at radius 1 is 1.08 bits per heavy atom. The highest BCUT2D eigenvalue weighted by atomic mass is 16.5. The Morgan fingerprint density at radius 3 is 2.76 bits per heavy atom. The molecule has 0 fully saturated rings. The van der Waals surface area contributed by atoms with Crippen molar-refractivity contribution in [3.63, 3.8) is 0 Å². The highest BCUT2D eigenvalue weighted by molar-refractivity contribution is 5.94. The van der Waals surface area contributed by atoms with Gasteiger partial charge in [-0.3, -0.25) is 4.79 Å². The van der Waals surface area contributed by atoms with E-state index in [0.29, 0.717) is 30.8 Å². The Morgan fingerprint density at radius 2 is 1.92 bits per heavy atom. The summed E-state index contributed by atoms with van der Waals surface area (Å²) in [7, 11) is 0. The standard InChI is InChI=1S/C20H20N2O3/c1-2-25-20(24)16-7-5-8-17(14-16)21-19(23)11-13-22-12-10-15-6-3-4-9-18(15)22/h3-10,12,14H,2,11,13H2,1H3,(H,21,23). The van der Waals surface area contributed by atoms with Gasteiger partial charge in [-0.15, -0.1) is 0 Å². The van der Waals surface area contributed by atoms with Gasteiger partial charge in [-0.2, -0.15) is 0 Å². The van der Waals surface area contributed by atoms with Crippen molar-refractivity contribution >= 4 is 28.5 Å². The number of carbonyl (C=O) groups is 2. The summed E-state index contributed by atoms with van der Waals surface area (Å²) >= 11 is 0. The number of hydrogen-bond donors (Lipinski definition) is 1. The molecular formula is C20H20N2O3. The Kier molecular flexibility index (Phi) is 5.14. The number of benzene rings is 2. The van der Waals surface area contributed by atoms with Crippen molar-refractivity contribution in [3.05, 3.63) is 66.4 Å². The lowest BCUT2D eigenvalue weighted by Gasteiger charge is -2.08. The zero-order chi connectivity index (χ0) is 17.6. The number of esters is 1. The van der Waals surface area contributed by atoms with Crippen molar-refractivity contribution in [1.29, 1.82) is 0 Å². The first kappa shape index (κ1) is 16.8. The van der Waals surface area contributed by atoms with Crippen LogP contribution in [0, 0.1) is 0 Å². The SMILES string of the molecule is CCOC(=O)c1cccc(NC(=O)CCn2ccc3ccccc32)c1. The van der Waals surface area contributed by atoms with E-state index < -0.39 is 5.97 Å². The van der Waals surface area contributed by atoms with Crippen LogP contribution in [0.3, 0.4) is 0 Å². The quantitative estimate of drug-likeness (QED) is 0.696. The van der Waals surface area contributed by atoms with Crippen LogP contribution in [0.5, 0.6) is 0 Å². The third kappa shape index (κ3) is 4.07. The molecule has 3 aromatic rings. The average Bonchev–Trinajstić information content (AvgIpc) is 3.04. The number of rotatable bonds is 6. The average molecular weight is 336 g/mol. The first-order valence-electron chi connectivity index (χ1n) is 8.28. The minimum Gasteiger partial charge on any atom is -0.462 e. The van der Waals surface area contributed by atoms with Gasteiger partial charge in [-0.1, -0.05) is 24.3 Å². The number of carbonyl (C=O) groups excluding carboxylic acids is 2. The molecule has 5 heteroatoms. The van der Waals surface area contributed by atoms with E-state index in [0.717, 1.165) is 10.9 Å². The number of aromatic nitrogens is 1. The molecule has 2 aromatic carbocycles. The van der Waals surface area contributed by atoms with Gasteiger partial charge < -0.3 is 14.6 Å². The van der Waals surface area contributed by atoms with Crippen molar-refractivity contribution in [3.8, 4) is 0 Å². The molecule has 0 aliphatic heterocycles. The van der Waals surface area contributed by atoms with E-state index in [1.807, 2.05) is 36.5 Å². The molecule has 0 bridgehead atoms. The van der Waals surface area contributed by atoms with Gasteiger partial charge in [0.05, 0.1) is 12.2 Å². The van der Waals surface area contributed by atoms with E-state index in [2.05, 4.69) is 9.88 Å². The van der Waals surface area contributed by atoms with E-state index in [9.17, 15) is 9.59 Å². The lowest BCUT2D eigenvalue weighted by atomic mass is 10.2. The second kappa shape index (κ2) is 7.66. The molecule has 25 heavy (non-hydrogen) atoms. The Labute approximate surface area is 146 Å². The molecule has 5 nitrogen and oxygen atoms in total. The van der Waals surface area contributed by atoms with Crippen LogP contribution in [0.4, 0.5) is 5.69 Å². The zero-order valence-corrected chi connectivity index (χ0v) is 14.1. The smallest absolute Gasteiger partial charge is 0.338 e. The number of fused-ring (bicyclic) bond motifs is 1. The molecule has 3 rings (SSSR count). The van der Waals surface area contributed by atoms with Gasteiger partial charge in [0.2, 0.25) is 5.91 Å². The van der Waals surface area contributed by atoms with Crippen molar-refractivity contribution in [2.45, 2.75) is 19.9 Å². The van der Waals surface area contributed by atoms with Crippen LogP contribution in [0.2, 0.25) is 0 Å². The molecule has 0 radical (unpaired) electrons. The van der Waals surface area contributed by atoms with Crippen LogP contribution in [0.1, 0.15) is 23.7 Å². The van der Waals surface area contributed by atoms with Crippen LogP contribution in [-0.2, 0) is 16.1 Å². The van der Waals surface area contributed by atoms with E-state index in [4.69, 9.17) is 4.74 Å². The number of para-hydroxylation sites is 1. The number of nitrogens with one attached hydrogen (secondary N) is 1. The van der Waals surface area contributed by atoms with Gasteiger partial charge in [0.1, 0.15) is 0 Å². The second-order valence-electron chi connectivity index (χ2n) is 5.67. The maximum Gasteiger partial charge on any atom is 0.338 e. The van der Waals surface area contributed by atoms with Crippen LogP contribution < -0.4 is 5.32 Å². The number of aryl methyl sites for hydroxylation is 1. The number of anilines is 1. The Hall–Kier alpha value is -3.08. The largest absolute Gasteiger partial charge is 0.462 e. The minimum absolute atomic E-state index is 0.0983. The topological polar surface area (TPSA) is 60.3 Å². The van der Waals surface area contributed by atoms with E-state index in [1.165, 1.54) is 0 Å². The van der Waals surface area contributed by atoms with Gasteiger partial charge in [0, 0.05) is 30.4 Å². The first-order valence-corrected chi connectivity index (χ1v) is 8.28. The van der Waals surface area contributed by atoms with Crippen LogP contribution >= 0.6 is 0 Å². The molecule has 0 unspecified atom stereocenters. The van der Waals surface area contributed by atoms with Gasteiger partial charge >= 0.3 is 5.97 Å². The van der Waals surface area contributed by atoms with Crippen molar-refractivity contribution in [2.24, 2.45) is 0 Å². The lowest BCUT2D eigenvalue weighted by molar-refractivity contribution is -0.116. The summed E-state index contributed by atoms with van der Waals surface area (Å²) in [5.74, 6) is -0.490. The van der Waals surface area contributed by atoms with Crippen LogP contribution in [0.25, 0.3) is 10.9 Å². The number of nitrogens with zero attached hydrogens (tertiary/aromatic N) is 1. The molecule has 0 atom stereocenters. The van der Waals surface area contributed by atoms with Gasteiger partial charge in [-0.25, -0.2) is 4.79 Å². The summed E-state index contributed by atoms with van der Waals surface area (Å²) in [5, 5.41) is 3.99. The maximum absolute atomic E-state index is 12.2. The molecule has 1 aromatic heterocycles. The summed E-state index contributed by atoms with van der Waals surface area (Å²) in [6.45, 7) is 2.67. The highest BCUT2D eigenvalue weighted by Crippen LogP contribution is 2.16. The minimum atomic E-state index is -0.391. The molecule has 0 saturated carbocycles. The summed E-state index contributed by atoms with van der Waals surface area (Å²) in [6, 6.07) is 16.9. The molecule has 1 amide bonds. The summed E-state index contributed by atoms with van der Waals surface area (Å²) in [4.78, 5) is 24.0. The van der Waals surface area contributed by atoms with Crippen molar-refractivity contribution in [1.82, 2.24) is 4.57 Å². The zero-order valence-electron chi connectivity index (χ0n) is 14.1. The van der Waals surface area contributed by atoms with E-state index >= 15 is 0 Å². The summed E-state index contributed by atoms with van der Waals surface area (Å²) in [5.41, 5.74) is 2.13. The fourth-order valence-electron chi connectivity index (χ4n) is 2.72. The van der Waals surface area contributed by atoms with E-state index in [-0.39, 0.29) is 5.91 Å². The first-order chi connectivity index (χ1) is 12.2. The Bertz CT molecular complexity index is 899. The van der Waals surface area contributed by atoms with Gasteiger partial charge in [-0.05, 0) is 42.6 Å². The summed E-state index contributed by atoms with van der Waals surface area (Å²) in [6.07, 6.45) is 2.33. The van der Waals surface area contributed by atoms with E-state index in [1.54, 1.807) is 31.2 Å². The molecular weight excluding hydrogens is 316 g/mol.